The van der Waals surface area contributed by atoms with Crippen LogP contribution in [0.1, 0.15) is 6.92 Å². The van der Waals surface area contributed by atoms with Crippen molar-refractivity contribution in [3.8, 4) is 0 Å². The molecule has 12 heavy (non-hydrogen) atoms. The second-order valence-corrected chi connectivity index (χ2v) is 2.69. The Kier molecular flexibility index (Phi) is 3.60. The molecule has 2 amide bonds. The van der Waals surface area contributed by atoms with E-state index in [2.05, 4.69) is 10.6 Å². The smallest absolute Gasteiger partial charge is 0.321 e. The van der Waals surface area contributed by atoms with E-state index in [1.165, 1.54) is 0 Å². The van der Waals surface area contributed by atoms with Crippen LogP contribution < -0.4 is 10.6 Å². The number of nitrogens with zero attached hydrogens (tertiary/aromatic N) is 1. The molecule has 1 heterocycles. The molecule has 1 aliphatic rings. The van der Waals surface area contributed by atoms with Gasteiger partial charge in [0, 0.05) is 32.4 Å². The molecular formula is C8H15N3O. The van der Waals surface area contributed by atoms with Crippen molar-refractivity contribution in [3.63, 3.8) is 0 Å². The van der Waals surface area contributed by atoms with Gasteiger partial charge in [-0.1, -0.05) is 6.08 Å². The Hall–Kier alpha value is -1.03. The highest BCUT2D eigenvalue weighted by Gasteiger charge is 2.13. The summed E-state index contributed by atoms with van der Waals surface area (Å²) in [5.74, 6) is 0. The van der Waals surface area contributed by atoms with Crippen molar-refractivity contribution in [3.05, 3.63) is 12.3 Å². The molecule has 1 rings (SSSR count). The topological polar surface area (TPSA) is 44.4 Å². The van der Waals surface area contributed by atoms with Crippen LogP contribution in [0.4, 0.5) is 4.79 Å². The molecule has 0 aromatic rings. The molecular weight excluding hydrogens is 154 g/mol. The predicted octanol–water partition coefficient (Wildman–Crippen LogP) is 0.135. The van der Waals surface area contributed by atoms with Gasteiger partial charge in [0.15, 0.2) is 0 Å². The van der Waals surface area contributed by atoms with Crippen LogP contribution in [0, 0.1) is 0 Å². The summed E-state index contributed by atoms with van der Waals surface area (Å²) in [7, 11) is 0. The summed E-state index contributed by atoms with van der Waals surface area (Å²) in [5, 5.41) is 5.87. The SMILES string of the molecule is C/C=C/NC(=O)N1CCNCC1. The van der Waals surface area contributed by atoms with E-state index in [0.29, 0.717) is 0 Å². The van der Waals surface area contributed by atoms with E-state index >= 15 is 0 Å². The fourth-order valence-corrected chi connectivity index (χ4v) is 1.11. The zero-order valence-electron chi connectivity index (χ0n) is 7.34. The Labute approximate surface area is 72.6 Å². The third-order valence-electron chi connectivity index (χ3n) is 1.78. The third-order valence-corrected chi connectivity index (χ3v) is 1.78. The maximum absolute atomic E-state index is 11.3. The minimum atomic E-state index is -0.00500. The van der Waals surface area contributed by atoms with Gasteiger partial charge >= 0.3 is 6.03 Å². The first kappa shape index (κ1) is 9.06. The Morgan fingerprint density at radius 2 is 2.17 bits per heavy atom. The number of allylic oxidation sites excluding steroid dienone is 1. The van der Waals surface area contributed by atoms with Gasteiger partial charge in [0.1, 0.15) is 0 Å². The lowest BCUT2D eigenvalue weighted by Gasteiger charge is -2.26. The number of nitrogens with one attached hydrogen (secondary N) is 2. The van der Waals surface area contributed by atoms with Crippen LogP contribution in [-0.2, 0) is 0 Å². The Morgan fingerprint density at radius 3 is 2.75 bits per heavy atom. The standard InChI is InChI=1S/C8H15N3O/c1-2-3-10-8(12)11-6-4-9-5-7-11/h2-3,9H,4-7H2,1H3,(H,10,12)/b3-2+. The van der Waals surface area contributed by atoms with Gasteiger partial charge in [-0.25, -0.2) is 4.79 Å². The fourth-order valence-electron chi connectivity index (χ4n) is 1.11. The van der Waals surface area contributed by atoms with Crippen molar-refractivity contribution in [2.24, 2.45) is 0 Å². The average molecular weight is 169 g/mol. The molecule has 1 saturated heterocycles. The molecule has 0 radical (unpaired) electrons. The molecule has 0 aromatic heterocycles. The monoisotopic (exact) mass is 169 g/mol. The molecule has 0 bridgehead atoms. The van der Waals surface area contributed by atoms with Crippen molar-refractivity contribution in [1.29, 1.82) is 0 Å². The molecule has 68 valence electrons. The summed E-state index contributed by atoms with van der Waals surface area (Å²) < 4.78 is 0. The lowest BCUT2D eigenvalue weighted by Crippen LogP contribution is -2.49. The predicted molar refractivity (Wildman–Crippen MR) is 47.8 cm³/mol. The average Bonchev–Trinajstić information content (AvgIpc) is 2.15. The molecule has 1 fully saturated rings. The number of hydrogen-bond acceptors (Lipinski definition) is 2. The lowest BCUT2D eigenvalue weighted by atomic mass is 10.4. The van der Waals surface area contributed by atoms with Gasteiger partial charge in [-0.05, 0) is 6.92 Å². The van der Waals surface area contributed by atoms with Crippen LogP contribution in [0.15, 0.2) is 12.3 Å². The van der Waals surface area contributed by atoms with E-state index in [9.17, 15) is 4.79 Å². The van der Waals surface area contributed by atoms with Gasteiger partial charge in [-0.15, -0.1) is 0 Å². The van der Waals surface area contributed by atoms with Crippen molar-refractivity contribution >= 4 is 6.03 Å². The molecule has 0 spiro atoms. The summed E-state index contributed by atoms with van der Waals surface area (Å²) >= 11 is 0. The molecule has 4 nitrogen and oxygen atoms in total. The second-order valence-electron chi connectivity index (χ2n) is 2.69. The number of carbonyl (C=O) groups is 1. The van der Waals surface area contributed by atoms with Crippen LogP contribution in [0.5, 0.6) is 0 Å². The molecule has 0 atom stereocenters. The molecule has 2 N–H and O–H groups in total. The summed E-state index contributed by atoms with van der Waals surface area (Å²) in [6.07, 6.45) is 3.46. The van der Waals surface area contributed by atoms with E-state index in [-0.39, 0.29) is 6.03 Å². The number of amides is 2. The largest absolute Gasteiger partial charge is 0.322 e. The van der Waals surface area contributed by atoms with Gasteiger partial charge in [0.05, 0.1) is 0 Å². The molecule has 0 aromatic carbocycles. The summed E-state index contributed by atoms with van der Waals surface area (Å²) in [4.78, 5) is 13.1. The normalized spacial score (nSPS) is 18.2. The Morgan fingerprint density at radius 1 is 1.50 bits per heavy atom. The molecule has 4 heteroatoms. The van der Waals surface area contributed by atoms with Crippen molar-refractivity contribution in [1.82, 2.24) is 15.5 Å². The first-order valence-electron chi connectivity index (χ1n) is 4.22. The minimum Gasteiger partial charge on any atom is -0.322 e. The van der Waals surface area contributed by atoms with Crippen molar-refractivity contribution in [2.75, 3.05) is 26.2 Å². The number of hydrogen-bond donors (Lipinski definition) is 2. The Balaban J connectivity index is 2.29. The van der Waals surface area contributed by atoms with Gasteiger partial charge in [-0.3, -0.25) is 0 Å². The van der Waals surface area contributed by atoms with Gasteiger partial charge < -0.3 is 15.5 Å². The van der Waals surface area contributed by atoms with Crippen LogP contribution in [0.3, 0.4) is 0 Å². The van der Waals surface area contributed by atoms with Crippen molar-refractivity contribution < 1.29 is 4.79 Å². The summed E-state index contributed by atoms with van der Waals surface area (Å²) in [6, 6.07) is -0.00500. The Bertz CT molecular complexity index is 173. The maximum atomic E-state index is 11.3. The second kappa shape index (κ2) is 4.77. The van der Waals surface area contributed by atoms with E-state index in [0.717, 1.165) is 26.2 Å². The maximum Gasteiger partial charge on any atom is 0.321 e. The minimum absolute atomic E-state index is 0.00500. The molecule has 0 aliphatic carbocycles. The van der Waals surface area contributed by atoms with Crippen LogP contribution in [-0.4, -0.2) is 37.1 Å². The fraction of sp³-hybridized carbons (Fsp3) is 0.625. The summed E-state index contributed by atoms with van der Waals surface area (Å²) in [5.41, 5.74) is 0. The van der Waals surface area contributed by atoms with Crippen molar-refractivity contribution in [2.45, 2.75) is 6.92 Å². The van der Waals surface area contributed by atoms with Gasteiger partial charge in [0.2, 0.25) is 0 Å². The number of carbonyl (C=O) groups excluding carboxylic acids is 1. The number of rotatable bonds is 1. The third kappa shape index (κ3) is 2.54. The quantitative estimate of drug-likeness (QED) is 0.586. The zero-order chi connectivity index (χ0) is 8.81. The van der Waals surface area contributed by atoms with Gasteiger partial charge in [-0.2, -0.15) is 0 Å². The molecule has 0 unspecified atom stereocenters. The van der Waals surface area contributed by atoms with Crippen LogP contribution >= 0.6 is 0 Å². The van der Waals surface area contributed by atoms with E-state index < -0.39 is 0 Å². The van der Waals surface area contributed by atoms with Gasteiger partial charge in [0.25, 0.3) is 0 Å². The first-order chi connectivity index (χ1) is 5.84. The van der Waals surface area contributed by atoms with Crippen LogP contribution in [0.25, 0.3) is 0 Å². The number of piperazine rings is 1. The van der Waals surface area contributed by atoms with E-state index in [4.69, 9.17) is 0 Å². The van der Waals surface area contributed by atoms with E-state index in [1.54, 1.807) is 17.2 Å². The molecule has 1 aliphatic heterocycles. The summed E-state index contributed by atoms with van der Waals surface area (Å²) in [6.45, 7) is 5.25. The lowest BCUT2D eigenvalue weighted by molar-refractivity contribution is 0.194. The highest BCUT2D eigenvalue weighted by molar-refractivity contribution is 5.75. The van der Waals surface area contributed by atoms with Crippen LogP contribution in [0.2, 0.25) is 0 Å². The molecule has 0 saturated carbocycles. The number of urea groups is 1. The van der Waals surface area contributed by atoms with E-state index in [1.807, 2.05) is 6.92 Å². The first-order valence-corrected chi connectivity index (χ1v) is 4.22. The zero-order valence-corrected chi connectivity index (χ0v) is 7.34. The highest BCUT2D eigenvalue weighted by atomic mass is 16.2. The highest BCUT2D eigenvalue weighted by Crippen LogP contribution is 1.92.